The van der Waals surface area contributed by atoms with Crippen LogP contribution < -0.4 is 15.8 Å². The van der Waals surface area contributed by atoms with Crippen molar-refractivity contribution in [1.82, 2.24) is 9.97 Å². The predicted octanol–water partition coefficient (Wildman–Crippen LogP) is -0.578. The Balaban J connectivity index is 1.94. The number of piperazine rings is 1. The molecule has 0 saturated carbocycles. The summed E-state index contributed by atoms with van der Waals surface area (Å²) in [5.41, 5.74) is 2.06. The Bertz CT molecular complexity index is 476. The van der Waals surface area contributed by atoms with E-state index in [1.54, 1.807) is 0 Å². The standard InChI is InChI=1S/C13H20N4O/c18-12-10-4-2-1-3-5-11(10)15-13(16-12)17-8-6-14-7-9-17/h14H,1-9H2,(H,15,16,18)/p+1. The highest BCUT2D eigenvalue weighted by atomic mass is 16.1. The van der Waals surface area contributed by atoms with E-state index in [0.29, 0.717) is 0 Å². The number of aromatic nitrogens is 2. The number of hydrogen-bond donors (Lipinski definition) is 2. The fraction of sp³-hybridized carbons (Fsp3) is 0.692. The Kier molecular flexibility index (Phi) is 3.32. The Labute approximate surface area is 107 Å². The van der Waals surface area contributed by atoms with E-state index < -0.39 is 0 Å². The van der Waals surface area contributed by atoms with Crippen LogP contribution in [0.25, 0.3) is 0 Å². The predicted molar refractivity (Wildman–Crippen MR) is 70.0 cm³/mol. The summed E-state index contributed by atoms with van der Waals surface area (Å²) >= 11 is 0. The molecule has 1 saturated heterocycles. The SMILES string of the molecule is O=c1[nH]c(N2CC[NH2+]CC2)nc2c1CCCCC2. The van der Waals surface area contributed by atoms with Crippen LogP contribution in [0.1, 0.15) is 30.5 Å². The summed E-state index contributed by atoms with van der Waals surface area (Å²) in [4.78, 5) is 22.0. The number of anilines is 1. The molecule has 18 heavy (non-hydrogen) atoms. The molecule has 1 aliphatic heterocycles. The average molecular weight is 249 g/mol. The first-order chi connectivity index (χ1) is 8.84. The molecule has 0 radical (unpaired) electrons. The quantitative estimate of drug-likeness (QED) is 0.655. The number of nitrogens with two attached hydrogens (primary N) is 1. The molecule has 2 heterocycles. The lowest BCUT2D eigenvalue weighted by Gasteiger charge is -2.26. The molecule has 0 amide bonds. The number of aromatic amines is 1. The molecule has 0 spiro atoms. The largest absolute Gasteiger partial charge is 0.343 e. The van der Waals surface area contributed by atoms with E-state index >= 15 is 0 Å². The lowest BCUT2D eigenvalue weighted by Crippen LogP contribution is -2.89. The number of quaternary nitrogens is 1. The number of nitrogens with zero attached hydrogens (tertiary/aromatic N) is 2. The second-order valence-electron chi connectivity index (χ2n) is 5.23. The van der Waals surface area contributed by atoms with Gasteiger partial charge in [-0.25, -0.2) is 4.98 Å². The summed E-state index contributed by atoms with van der Waals surface area (Å²) < 4.78 is 0. The van der Waals surface area contributed by atoms with E-state index in [9.17, 15) is 4.79 Å². The maximum absolute atomic E-state index is 12.2. The van der Waals surface area contributed by atoms with Gasteiger partial charge in [-0.15, -0.1) is 0 Å². The fourth-order valence-electron chi connectivity index (χ4n) is 2.88. The van der Waals surface area contributed by atoms with E-state index in [1.165, 1.54) is 6.42 Å². The van der Waals surface area contributed by atoms with Crippen LogP contribution in [0.15, 0.2) is 4.79 Å². The molecule has 0 bridgehead atoms. The minimum atomic E-state index is 0.0893. The molecule has 1 fully saturated rings. The molecule has 1 aromatic rings. The van der Waals surface area contributed by atoms with Crippen molar-refractivity contribution in [3.63, 3.8) is 0 Å². The number of rotatable bonds is 1. The van der Waals surface area contributed by atoms with E-state index in [0.717, 1.165) is 69.1 Å². The molecule has 1 aromatic heterocycles. The number of H-pyrrole nitrogens is 1. The topological polar surface area (TPSA) is 65.6 Å². The van der Waals surface area contributed by atoms with Crippen molar-refractivity contribution in [2.45, 2.75) is 32.1 Å². The molecular formula is C13H21N4O+. The van der Waals surface area contributed by atoms with Crippen LogP contribution in [-0.2, 0) is 12.8 Å². The lowest BCUT2D eigenvalue weighted by molar-refractivity contribution is -0.655. The zero-order chi connectivity index (χ0) is 12.4. The molecule has 0 unspecified atom stereocenters. The summed E-state index contributed by atoms with van der Waals surface area (Å²) in [6.07, 6.45) is 5.36. The maximum Gasteiger partial charge on any atom is 0.255 e. The maximum atomic E-state index is 12.2. The third-order valence-electron chi connectivity index (χ3n) is 3.93. The van der Waals surface area contributed by atoms with Crippen molar-refractivity contribution in [2.75, 3.05) is 31.1 Å². The Morgan fingerprint density at radius 2 is 1.89 bits per heavy atom. The van der Waals surface area contributed by atoms with Crippen LogP contribution in [0.4, 0.5) is 5.95 Å². The lowest BCUT2D eigenvalue weighted by atomic mass is 10.1. The third-order valence-corrected chi connectivity index (χ3v) is 3.93. The highest BCUT2D eigenvalue weighted by molar-refractivity contribution is 5.34. The van der Waals surface area contributed by atoms with Crippen LogP contribution in [0.5, 0.6) is 0 Å². The van der Waals surface area contributed by atoms with Gasteiger partial charge in [0.15, 0.2) is 0 Å². The van der Waals surface area contributed by atoms with Crippen molar-refractivity contribution in [3.8, 4) is 0 Å². The van der Waals surface area contributed by atoms with E-state index in [2.05, 4.69) is 15.2 Å². The first-order valence-electron chi connectivity index (χ1n) is 7.03. The molecule has 3 rings (SSSR count). The summed E-state index contributed by atoms with van der Waals surface area (Å²) in [5, 5.41) is 2.30. The van der Waals surface area contributed by atoms with Gasteiger partial charge < -0.3 is 10.2 Å². The number of aryl methyl sites for hydroxylation is 1. The second kappa shape index (κ2) is 5.10. The van der Waals surface area contributed by atoms with Crippen LogP contribution in [0.2, 0.25) is 0 Å². The van der Waals surface area contributed by atoms with Crippen LogP contribution in [-0.4, -0.2) is 36.1 Å². The molecule has 5 nitrogen and oxygen atoms in total. The summed E-state index contributed by atoms with van der Waals surface area (Å²) in [6, 6.07) is 0. The van der Waals surface area contributed by atoms with E-state index in [1.807, 2.05) is 0 Å². The summed E-state index contributed by atoms with van der Waals surface area (Å²) in [7, 11) is 0. The number of nitrogens with one attached hydrogen (secondary N) is 1. The van der Waals surface area contributed by atoms with E-state index in [4.69, 9.17) is 4.98 Å². The van der Waals surface area contributed by atoms with Gasteiger partial charge in [0.25, 0.3) is 5.56 Å². The molecule has 3 N–H and O–H groups in total. The molecule has 1 aliphatic carbocycles. The second-order valence-corrected chi connectivity index (χ2v) is 5.23. The van der Waals surface area contributed by atoms with Gasteiger partial charge in [-0.05, 0) is 25.7 Å². The Hall–Kier alpha value is -1.36. The van der Waals surface area contributed by atoms with Gasteiger partial charge in [-0.3, -0.25) is 9.78 Å². The zero-order valence-corrected chi connectivity index (χ0v) is 10.7. The van der Waals surface area contributed by atoms with E-state index in [-0.39, 0.29) is 5.56 Å². The minimum Gasteiger partial charge on any atom is -0.343 e. The molecular weight excluding hydrogens is 228 g/mol. The molecule has 0 aromatic carbocycles. The van der Waals surface area contributed by atoms with Gasteiger partial charge in [0, 0.05) is 5.56 Å². The smallest absolute Gasteiger partial charge is 0.255 e. The minimum absolute atomic E-state index is 0.0893. The van der Waals surface area contributed by atoms with Crippen LogP contribution >= 0.6 is 0 Å². The fourth-order valence-corrected chi connectivity index (χ4v) is 2.88. The number of fused-ring (bicyclic) bond motifs is 1. The highest BCUT2D eigenvalue weighted by Gasteiger charge is 2.19. The first kappa shape index (κ1) is 11.7. The van der Waals surface area contributed by atoms with Crippen molar-refractivity contribution in [2.24, 2.45) is 0 Å². The molecule has 98 valence electrons. The number of hydrogen-bond acceptors (Lipinski definition) is 3. The molecule has 5 heteroatoms. The average Bonchev–Trinajstić information content (AvgIpc) is 2.65. The monoisotopic (exact) mass is 249 g/mol. The summed E-state index contributed by atoms with van der Waals surface area (Å²) in [5.74, 6) is 0.786. The molecule has 0 atom stereocenters. The summed E-state index contributed by atoms with van der Waals surface area (Å²) in [6.45, 7) is 4.12. The van der Waals surface area contributed by atoms with Gasteiger partial charge in [0.1, 0.15) is 0 Å². The normalized spacial score (nSPS) is 20.3. The van der Waals surface area contributed by atoms with Crippen LogP contribution in [0, 0.1) is 0 Å². The van der Waals surface area contributed by atoms with Gasteiger partial charge >= 0.3 is 0 Å². The third kappa shape index (κ3) is 2.27. The first-order valence-corrected chi connectivity index (χ1v) is 7.03. The van der Waals surface area contributed by atoms with Crippen molar-refractivity contribution in [3.05, 3.63) is 21.6 Å². The van der Waals surface area contributed by atoms with Crippen molar-refractivity contribution >= 4 is 5.95 Å². The van der Waals surface area contributed by atoms with Crippen molar-refractivity contribution in [1.29, 1.82) is 0 Å². The van der Waals surface area contributed by atoms with Crippen LogP contribution in [0.3, 0.4) is 0 Å². The van der Waals surface area contributed by atoms with Gasteiger partial charge in [0.05, 0.1) is 31.9 Å². The molecule has 2 aliphatic rings. The van der Waals surface area contributed by atoms with Crippen molar-refractivity contribution < 1.29 is 5.32 Å². The Morgan fingerprint density at radius 1 is 1.11 bits per heavy atom. The van der Waals surface area contributed by atoms with Gasteiger partial charge in [-0.1, -0.05) is 6.42 Å². The van der Waals surface area contributed by atoms with Gasteiger partial charge in [-0.2, -0.15) is 0 Å². The zero-order valence-electron chi connectivity index (χ0n) is 10.7. The Morgan fingerprint density at radius 3 is 2.72 bits per heavy atom. The van der Waals surface area contributed by atoms with Gasteiger partial charge in [0.2, 0.25) is 5.95 Å². The highest BCUT2D eigenvalue weighted by Crippen LogP contribution is 2.17.